The van der Waals surface area contributed by atoms with Crippen molar-refractivity contribution in [1.82, 2.24) is 5.32 Å². The van der Waals surface area contributed by atoms with Gasteiger partial charge >= 0.3 is 5.97 Å². The van der Waals surface area contributed by atoms with Gasteiger partial charge in [-0.3, -0.25) is 4.79 Å². The van der Waals surface area contributed by atoms with Crippen molar-refractivity contribution in [3.63, 3.8) is 0 Å². The Hall–Kier alpha value is -3.61. The molecule has 0 saturated heterocycles. The number of hydrogen-bond donors (Lipinski definition) is 1. The summed E-state index contributed by atoms with van der Waals surface area (Å²) in [6.45, 7) is 6.01. The summed E-state index contributed by atoms with van der Waals surface area (Å²) in [5.41, 5.74) is 3.99. The maximum atomic E-state index is 13.7. The third-order valence-corrected chi connectivity index (χ3v) is 6.68. The van der Waals surface area contributed by atoms with Gasteiger partial charge in [0, 0.05) is 29.3 Å². The van der Waals surface area contributed by atoms with E-state index in [4.69, 9.17) is 14.2 Å². The Labute approximate surface area is 211 Å². The first-order chi connectivity index (χ1) is 17.2. The fraction of sp³-hybridized carbons (Fsp3) is 0.379. The van der Waals surface area contributed by atoms with Gasteiger partial charge in [-0.1, -0.05) is 32.0 Å². The average Bonchev–Trinajstić information content (AvgIpc) is 2.86. The van der Waals surface area contributed by atoms with Crippen LogP contribution in [0.4, 0.5) is 4.39 Å². The molecule has 7 heteroatoms. The third-order valence-electron chi connectivity index (χ3n) is 6.68. The summed E-state index contributed by atoms with van der Waals surface area (Å²) in [6, 6.07) is 11.7. The molecule has 1 aliphatic carbocycles. The van der Waals surface area contributed by atoms with Gasteiger partial charge in [0.25, 0.3) is 0 Å². The summed E-state index contributed by atoms with van der Waals surface area (Å²) >= 11 is 0. The van der Waals surface area contributed by atoms with E-state index in [1.165, 1.54) is 12.1 Å². The lowest BCUT2D eigenvalue weighted by atomic mass is 9.71. The van der Waals surface area contributed by atoms with E-state index in [2.05, 4.69) is 5.32 Å². The monoisotopic (exact) mass is 493 g/mol. The van der Waals surface area contributed by atoms with E-state index >= 15 is 0 Å². The molecular weight excluding hydrogens is 461 g/mol. The predicted octanol–water partition coefficient (Wildman–Crippen LogP) is 5.40. The molecule has 0 fully saturated rings. The summed E-state index contributed by atoms with van der Waals surface area (Å²) in [6.07, 6.45) is 0.862. The van der Waals surface area contributed by atoms with E-state index < -0.39 is 11.9 Å². The molecule has 0 unspecified atom stereocenters. The number of carbonyl (C=O) groups excluding carboxylic acids is 2. The molecule has 2 aliphatic rings. The SMILES string of the molecule is COc1ccc([C@@H]2CC(=O)C3=C(C2)NC(C)=C(C(=O)OCC(C)C)[C@@H]3c2ccc(F)cc2)cc1OC. The molecule has 1 N–H and O–H groups in total. The van der Waals surface area contributed by atoms with Crippen molar-refractivity contribution in [1.29, 1.82) is 0 Å². The zero-order valence-electron chi connectivity index (χ0n) is 21.3. The minimum atomic E-state index is -0.625. The molecule has 1 heterocycles. The largest absolute Gasteiger partial charge is 0.493 e. The highest BCUT2D eigenvalue weighted by Gasteiger charge is 2.41. The zero-order chi connectivity index (χ0) is 26.0. The van der Waals surface area contributed by atoms with E-state index in [1.807, 2.05) is 39.0 Å². The lowest BCUT2D eigenvalue weighted by molar-refractivity contribution is -0.140. The average molecular weight is 494 g/mol. The fourth-order valence-electron chi connectivity index (χ4n) is 4.96. The van der Waals surface area contributed by atoms with Crippen LogP contribution in [0.3, 0.4) is 0 Å². The molecule has 2 aromatic rings. The van der Waals surface area contributed by atoms with Gasteiger partial charge in [-0.2, -0.15) is 0 Å². The number of hydrogen-bond acceptors (Lipinski definition) is 6. The number of dihydropyridines is 1. The first-order valence-corrected chi connectivity index (χ1v) is 12.1. The molecular formula is C29H32FNO5. The molecule has 0 saturated carbocycles. The molecule has 190 valence electrons. The number of halogens is 1. The highest BCUT2D eigenvalue weighted by atomic mass is 19.1. The van der Waals surface area contributed by atoms with Crippen molar-refractivity contribution >= 4 is 11.8 Å². The molecule has 36 heavy (non-hydrogen) atoms. The lowest BCUT2D eigenvalue weighted by Crippen LogP contribution is -2.36. The maximum absolute atomic E-state index is 13.7. The van der Waals surface area contributed by atoms with Crippen LogP contribution in [0.1, 0.15) is 56.6 Å². The molecule has 0 amide bonds. The van der Waals surface area contributed by atoms with E-state index in [9.17, 15) is 14.0 Å². The molecule has 1 aliphatic heterocycles. The molecule has 4 rings (SSSR count). The minimum Gasteiger partial charge on any atom is -0.493 e. The van der Waals surface area contributed by atoms with E-state index in [0.29, 0.717) is 40.3 Å². The van der Waals surface area contributed by atoms with Crippen molar-refractivity contribution in [2.24, 2.45) is 5.92 Å². The quantitative estimate of drug-likeness (QED) is 0.521. The number of ketones is 1. The van der Waals surface area contributed by atoms with Crippen LogP contribution in [0, 0.1) is 11.7 Å². The zero-order valence-corrected chi connectivity index (χ0v) is 21.3. The molecule has 2 aromatic carbocycles. The molecule has 0 radical (unpaired) electrons. The summed E-state index contributed by atoms with van der Waals surface area (Å²) in [7, 11) is 3.16. The Kier molecular flexibility index (Phi) is 7.48. The number of ether oxygens (including phenoxy) is 3. The second-order valence-electron chi connectivity index (χ2n) is 9.68. The molecule has 0 aromatic heterocycles. The highest BCUT2D eigenvalue weighted by molar-refractivity contribution is 6.04. The minimum absolute atomic E-state index is 0.0560. The van der Waals surface area contributed by atoms with Gasteiger partial charge in [-0.05, 0) is 60.6 Å². The molecule has 2 atom stereocenters. The fourth-order valence-corrected chi connectivity index (χ4v) is 4.96. The number of nitrogens with one attached hydrogen (secondary N) is 1. The van der Waals surface area contributed by atoms with Crippen LogP contribution >= 0.6 is 0 Å². The third kappa shape index (κ3) is 5.01. The Morgan fingerprint density at radius 2 is 1.69 bits per heavy atom. The summed E-state index contributed by atoms with van der Waals surface area (Å²) in [5.74, 6) is -0.198. The molecule has 0 spiro atoms. The Bertz CT molecular complexity index is 1230. The number of allylic oxidation sites excluding steroid dienone is 3. The smallest absolute Gasteiger partial charge is 0.336 e. The van der Waals surface area contributed by atoms with Crippen LogP contribution in [-0.2, 0) is 14.3 Å². The van der Waals surface area contributed by atoms with Crippen molar-refractivity contribution in [2.45, 2.75) is 45.4 Å². The highest BCUT2D eigenvalue weighted by Crippen LogP contribution is 2.46. The van der Waals surface area contributed by atoms with Gasteiger partial charge in [0.1, 0.15) is 5.82 Å². The number of Topliss-reactive ketones (excluding diaryl/α,β-unsaturated/α-hetero) is 1. The van der Waals surface area contributed by atoms with Crippen LogP contribution in [0.2, 0.25) is 0 Å². The van der Waals surface area contributed by atoms with Crippen molar-refractivity contribution < 1.29 is 28.2 Å². The number of methoxy groups -OCH3 is 2. The molecule has 0 bridgehead atoms. The van der Waals surface area contributed by atoms with Crippen LogP contribution in [0.15, 0.2) is 65.0 Å². The normalized spacial score (nSPS) is 19.7. The molecule has 6 nitrogen and oxygen atoms in total. The van der Waals surface area contributed by atoms with Gasteiger partial charge in [0.15, 0.2) is 17.3 Å². The Morgan fingerprint density at radius 3 is 2.33 bits per heavy atom. The topological polar surface area (TPSA) is 73.9 Å². The standard InChI is InChI=1S/C29H32FNO5/c1-16(2)15-36-29(33)26-17(3)31-22-12-20(19-8-11-24(34-4)25(14-19)35-5)13-23(32)28(22)27(26)18-6-9-21(30)10-7-18/h6-11,14,16,20,27,31H,12-13,15H2,1-5H3/t20-,27-/m0/s1. The number of carbonyl (C=O) groups is 2. The second-order valence-corrected chi connectivity index (χ2v) is 9.68. The van der Waals surface area contributed by atoms with E-state index in [1.54, 1.807) is 26.4 Å². The Morgan fingerprint density at radius 1 is 1.03 bits per heavy atom. The van der Waals surface area contributed by atoms with Gasteiger partial charge < -0.3 is 19.5 Å². The number of benzene rings is 2. The van der Waals surface area contributed by atoms with E-state index in [-0.39, 0.29) is 36.5 Å². The lowest BCUT2D eigenvalue weighted by Gasteiger charge is -2.36. The predicted molar refractivity (Wildman–Crippen MR) is 134 cm³/mol. The Balaban J connectivity index is 1.74. The van der Waals surface area contributed by atoms with Crippen LogP contribution in [-0.4, -0.2) is 32.6 Å². The number of esters is 1. The maximum Gasteiger partial charge on any atom is 0.336 e. The van der Waals surface area contributed by atoms with Gasteiger partial charge in [0.05, 0.1) is 26.4 Å². The van der Waals surface area contributed by atoms with Crippen molar-refractivity contribution in [3.8, 4) is 11.5 Å². The second kappa shape index (κ2) is 10.6. The first kappa shape index (κ1) is 25.5. The number of rotatable bonds is 7. The summed E-state index contributed by atoms with van der Waals surface area (Å²) in [5, 5.41) is 3.34. The first-order valence-electron chi connectivity index (χ1n) is 12.1. The van der Waals surface area contributed by atoms with E-state index in [0.717, 1.165) is 11.3 Å². The van der Waals surface area contributed by atoms with Crippen LogP contribution in [0.5, 0.6) is 11.5 Å². The van der Waals surface area contributed by atoms with Crippen molar-refractivity contribution in [2.75, 3.05) is 20.8 Å². The summed E-state index contributed by atoms with van der Waals surface area (Å²) in [4.78, 5) is 26.9. The van der Waals surface area contributed by atoms with Crippen LogP contribution < -0.4 is 14.8 Å². The van der Waals surface area contributed by atoms with Gasteiger partial charge in [0.2, 0.25) is 0 Å². The van der Waals surface area contributed by atoms with Gasteiger partial charge in [-0.25, -0.2) is 9.18 Å². The van der Waals surface area contributed by atoms with Crippen molar-refractivity contribution in [3.05, 3.63) is 81.9 Å². The van der Waals surface area contributed by atoms with Crippen LogP contribution in [0.25, 0.3) is 0 Å². The summed E-state index contributed by atoms with van der Waals surface area (Å²) < 4.78 is 30.1. The van der Waals surface area contributed by atoms with Gasteiger partial charge in [-0.15, -0.1) is 0 Å².